The molecule has 4 aliphatic carbocycles. The predicted octanol–water partition coefficient (Wildman–Crippen LogP) is 4.69. The lowest BCUT2D eigenvalue weighted by Crippen LogP contribution is -2.53. The van der Waals surface area contributed by atoms with E-state index >= 15 is 0 Å². The van der Waals surface area contributed by atoms with Gasteiger partial charge in [-0.15, -0.1) is 0 Å². The van der Waals surface area contributed by atoms with E-state index in [2.05, 4.69) is 26.8 Å². The summed E-state index contributed by atoms with van der Waals surface area (Å²) in [5.74, 6) is 2.61. The minimum atomic E-state index is -0.356. The third-order valence-corrected chi connectivity index (χ3v) is 9.57. The van der Waals surface area contributed by atoms with E-state index in [9.17, 15) is 5.11 Å². The molecule has 0 radical (unpaired) electrons. The lowest BCUT2D eigenvalue weighted by molar-refractivity contribution is -0.214. The SMILES string of the molecule is CC1([C@H]2CCC3[C@@H]4CC=C5C[C@@H](O)CC[C@]5(C)C4CC[C@@]32C)OCCO1. The molecule has 146 valence electrons. The van der Waals surface area contributed by atoms with Crippen molar-refractivity contribution in [2.75, 3.05) is 13.2 Å². The van der Waals surface area contributed by atoms with Crippen LogP contribution in [0.2, 0.25) is 0 Å². The third kappa shape index (κ3) is 2.29. The van der Waals surface area contributed by atoms with Crippen molar-refractivity contribution in [3.8, 4) is 0 Å². The summed E-state index contributed by atoms with van der Waals surface area (Å²) in [6, 6.07) is 0. The van der Waals surface area contributed by atoms with Crippen molar-refractivity contribution in [3.05, 3.63) is 11.6 Å². The van der Waals surface area contributed by atoms with Gasteiger partial charge in [0.15, 0.2) is 5.79 Å². The van der Waals surface area contributed by atoms with Crippen LogP contribution >= 0.6 is 0 Å². The Labute approximate surface area is 158 Å². The van der Waals surface area contributed by atoms with E-state index in [4.69, 9.17) is 9.47 Å². The van der Waals surface area contributed by atoms with Gasteiger partial charge in [-0.2, -0.15) is 0 Å². The highest BCUT2D eigenvalue weighted by Gasteiger charge is 2.62. The lowest BCUT2D eigenvalue weighted by Gasteiger charge is -2.58. The van der Waals surface area contributed by atoms with Crippen LogP contribution in [0.3, 0.4) is 0 Å². The number of hydrogen-bond donors (Lipinski definition) is 1. The highest BCUT2D eigenvalue weighted by Crippen LogP contribution is 2.68. The molecule has 1 N–H and O–H groups in total. The zero-order chi connectivity index (χ0) is 18.2. The molecule has 0 aromatic carbocycles. The Hall–Kier alpha value is -0.380. The van der Waals surface area contributed by atoms with E-state index in [-0.39, 0.29) is 11.9 Å². The predicted molar refractivity (Wildman–Crippen MR) is 102 cm³/mol. The highest BCUT2D eigenvalue weighted by molar-refractivity contribution is 5.25. The molecule has 3 nitrogen and oxygen atoms in total. The quantitative estimate of drug-likeness (QED) is 0.690. The average molecular weight is 361 g/mol. The number of aliphatic hydroxyl groups is 1. The van der Waals surface area contributed by atoms with Gasteiger partial charge in [0.2, 0.25) is 0 Å². The monoisotopic (exact) mass is 360 g/mol. The number of ether oxygens (including phenoxy) is 2. The topological polar surface area (TPSA) is 38.7 Å². The first-order valence-corrected chi connectivity index (χ1v) is 11.0. The van der Waals surface area contributed by atoms with Crippen LogP contribution in [-0.2, 0) is 9.47 Å². The standard InChI is InChI=1S/C23H36O3/c1-21-10-8-16(24)14-15(21)4-5-17-18-6-7-20(23(3)25-12-13-26-23)22(18,2)11-9-19(17)21/h4,16-20,24H,5-14H2,1-3H3/t16-,17-,18?,19?,20-,21-,22-/m0/s1. The third-order valence-electron chi connectivity index (χ3n) is 9.57. The van der Waals surface area contributed by atoms with Crippen LogP contribution in [0.5, 0.6) is 0 Å². The molecule has 4 fully saturated rings. The zero-order valence-corrected chi connectivity index (χ0v) is 16.8. The number of fused-ring (bicyclic) bond motifs is 5. The van der Waals surface area contributed by atoms with Crippen molar-refractivity contribution in [1.82, 2.24) is 0 Å². The van der Waals surface area contributed by atoms with Crippen molar-refractivity contribution in [2.45, 2.75) is 84.0 Å². The van der Waals surface area contributed by atoms with E-state index in [1.54, 1.807) is 5.57 Å². The van der Waals surface area contributed by atoms with Gasteiger partial charge in [0.05, 0.1) is 19.3 Å². The largest absolute Gasteiger partial charge is 0.393 e. The van der Waals surface area contributed by atoms with Gasteiger partial charge in [-0.05, 0) is 86.9 Å². The molecule has 5 aliphatic rings. The zero-order valence-electron chi connectivity index (χ0n) is 16.8. The van der Waals surface area contributed by atoms with Crippen molar-refractivity contribution < 1.29 is 14.6 Å². The van der Waals surface area contributed by atoms with Crippen LogP contribution in [-0.4, -0.2) is 30.2 Å². The van der Waals surface area contributed by atoms with E-state index < -0.39 is 0 Å². The minimum Gasteiger partial charge on any atom is -0.393 e. The first kappa shape index (κ1) is 17.7. The molecule has 3 heteroatoms. The van der Waals surface area contributed by atoms with Crippen molar-refractivity contribution in [2.24, 2.45) is 34.5 Å². The maximum absolute atomic E-state index is 10.2. The van der Waals surface area contributed by atoms with Crippen molar-refractivity contribution >= 4 is 0 Å². The van der Waals surface area contributed by atoms with Gasteiger partial charge in [0.25, 0.3) is 0 Å². The maximum Gasteiger partial charge on any atom is 0.169 e. The smallest absolute Gasteiger partial charge is 0.169 e. The molecule has 7 atom stereocenters. The summed E-state index contributed by atoms with van der Waals surface area (Å²) >= 11 is 0. The van der Waals surface area contributed by atoms with Crippen LogP contribution < -0.4 is 0 Å². The Morgan fingerprint density at radius 3 is 2.50 bits per heavy atom. The van der Waals surface area contributed by atoms with E-state index in [0.29, 0.717) is 16.7 Å². The molecule has 0 amide bonds. The summed E-state index contributed by atoms with van der Waals surface area (Å²) in [7, 11) is 0. The van der Waals surface area contributed by atoms with Gasteiger partial charge in [-0.1, -0.05) is 25.5 Å². The van der Waals surface area contributed by atoms with E-state index in [1.165, 1.54) is 38.5 Å². The summed E-state index contributed by atoms with van der Waals surface area (Å²) in [4.78, 5) is 0. The van der Waals surface area contributed by atoms with Crippen molar-refractivity contribution in [1.29, 1.82) is 0 Å². The van der Waals surface area contributed by atoms with Gasteiger partial charge in [-0.25, -0.2) is 0 Å². The summed E-state index contributed by atoms with van der Waals surface area (Å²) < 4.78 is 12.3. The van der Waals surface area contributed by atoms with E-state index in [0.717, 1.165) is 43.8 Å². The first-order chi connectivity index (χ1) is 12.4. The second-order valence-electron chi connectivity index (χ2n) is 10.5. The number of rotatable bonds is 1. The Kier molecular flexibility index (Phi) is 3.96. The molecule has 3 saturated carbocycles. The van der Waals surface area contributed by atoms with Crippen LogP contribution in [0, 0.1) is 34.5 Å². The van der Waals surface area contributed by atoms with Crippen LogP contribution in [0.15, 0.2) is 11.6 Å². The summed E-state index contributed by atoms with van der Waals surface area (Å²) in [5.41, 5.74) is 2.27. The number of hydrogen-bond acceptors (Lipinski definition) is 3. The second kappa shape index (κ2) is 5.81. The molecule has 26 heavy (non-hydrogen) atoms. The second-order valence-corrected chi connectivity index (χ2v) is 10.5. The minimum absolute atomic E-state index is 0.104. The normalized spacial score (nSPS) is 52.8. The molecule has 0 aromatic heterocycles. The van der Waals surface area contributed by atoms with Gasteiger partial charge < -0.3 is 14.6 Å². The molecule has 1 aliphatic heterocycles. The Morgan fingerprint density at radius 2 is 1.73 bits per heavy atom. The highest BCUT2D eigenvalue weighted by atomic mass is 16.7. The average Bonchev–Trinajstić information content (AvgIpc) is 3.19. The Morgan fingerprint density at radius 1 is 0.962 bits per heavy atom. The molecule has 1 saturated heterocycles. The van der Waals surface area contributed by atoms with Crippen LogP contribution in [0.25, 0.3) is 0 Å². The van der Waals surface area contributed by atoms with Gasteiger partial charge >= 0.3 is 0 Å². The molecule has 5 rings (SSSR count). The molecular weight excluding hydrogens is 324 g/mol. The fourth-order valence-electron chi connectivity index (χ4n) is 8.23. The molecule has 1 heterocycles. The Bertz CT molecular complexity index is 607. The fourth-order valence-corrected chi connectivity index (χ4v) is 8.23. The molecular formula is C23H36O3. The van der Waals surface area contributed by atoms with Crippen molar-refractivity contribution in [3.63, 3.8) is 0 Å². The lowest BCUT2D eigenvalue weighted by atomic mass is 9.47. The number of allylic oxidation sites excluding steroid dienone is 1. The molecule has 0 aromatic rings. The fraction of sp³-hybridized carbons (Fsp3) is 0.913. The van der Waals surface area contributed by atoms with Gasteiger partial charge in [0.1, 0.15) is 0 Å². The van der Waals surface area contributed by atoms with E-state index in [1.807, 2.05) is 0 Å². The summed E-state index contributed by atoms with van der Waals surface area (Å²) in [6.07, 6.45) is 12.0. The molecule has 0 bridgehead atoms. The molecule has 0 spiro atoms. The van der Waals surface area contributed by atoms with Crippen LogP contribution in [0.4, 0.5) is 0 Å². The summed E-state index contributed by atoms with van der Waals surface area (Å²) in [6.45, 7) is 8.78. The molecule has 2 unspecified atom stereocenters. The van der Waals surface area contributed by atoms with Gasteiger partial charge in [-0.3, -0.25) is 0 Å². The summed E-state index contributed by atoms with van der Waals surface area (Å²) in [5, 5.41) is 10.2. The number of aliphatic hydroxyl groups excluding tert-OH is 1. The van der Waals surface area contributed by atoms with Gasteiger partial charge in [0, 0.05) is 5.92 Å². The maximum atomic E-state index is 10.2. The van der Waals surface area contributed by atoms with Crippen LogP contribution in [0.1, 0.15) is 72.1 Å². The Balaban J connectivity index is 1.45. The first-order valence-electron chi connectivity index (χ1n) is 11.0.